The van der Waals surface area contributed by atoms with Gasteiger partial charge in [-0.05, 0) is 48.6 Å². The van der Waals surface area contributed by atoms with Crippen LogP contribution in [0, 0.1) is 17.2 Å². The van der Waals surface area contributed by atoms with E-state index in [4.69, 9.17) is 0 Å². The zero-order chi connectivity index (χ0) is 15.9. The van der Waals surface area contributed by atoms with Crippen molar-refractivity contribution in [3.8, 4) is 0 Å². The molecule has 2 saturated carbocycles. The summed E-state index contributed by atoms with van der Waals surface area (Å²) in [5, 5.41) is 0. The molecule has 1 amide bonds. The molecule has 1 heterocycles. The first kappa shape index (κ1) is 14.4. The van der Waals surface area contributed by atoms with Crippen LogP contribution in [0.4, 0.5) is 4.39 Å². The number of rotatable bonds is 6. The first-order valence-corrected chi connectivity index (χ1v) is 8.11. The van der Waals surface area contributed by atoms with E-state index in [1.54, 1.807) is 18.3 Å². The van der Waals surface area contributed by atoms with Gasteiger partial charge in [-0.2, -0.15) is 0 Å². The van der Waals surface area contributed by atoms with Gasteiger partial charge in [-0.15, -0.1) is 0 Å². The van der Waals surface area contributed by atoms with E-state index in [-0.39, 0.29) is 17.1 Å². The van der Waals surface area contributed by atoms with Gasteiger partial charge in [0.05, 0.1) is 5.41 Å². The van der Waals surface area contributed by atoms with Crippen molar-refractivity contribution in [3.05, 3.63) is 65.7 Å². The molecule has 0 atom stereocenters. The van der Waals surface area contributed by atoms with Crippen molar-refractivity contribution < 1.29 is 9.18 Å². The molecule has 0 N–H and O–H groups in total. The van der Waals surface area contributed by atoms with Gasteiger partial charge < -0.3 is 4.90 Å². The molecule has 0 spiro atoms. The standard InChI is InChI=1S/C19H19FN2O/c20-16-6-4-14(5-7-16)13-22(18(23)19-11-15(19)12-19)10-8-17-3-1-2-9-21-17/h1-7,9,15H,8,10-13H2. The highest BCUT2D eigenvalue weighted by Crippen LogP contribution is 2.76. The summed E-state index contributed by atoms with van der Waals surface area (Å²) in [5.74, 6) is 0.645. The number of benzene rings is 1. The zero-order valence-corrected chi connectivity index (χ0v) is 12.9. The van der Waals surface area contributed by atoms with E-state index in [1.807, 2.05) is 23.1 Å². The number of fused-ring (bicyclic) bond motifs is 1. The van der Waals surface area contributed by atoms with Crippen LogP contribution in [0.2, 0.25) is 0 Å². The van der Waals surface area contributed by atoms with Crippen LogP contribution in [-0.4, -0.2) is 22.3 Å². The third-order valence-corrected chi connectivity index (χ3v) is 5.05. The predicted molar refractivity (Wildman–Crippen MR) is 84.9 cm³/mol. The molecule has 3 nitrogen and oxygen atoms in total. The molecule has 118 valence electrons. The van der Waals surface area contributed by atoms with Gasteiger partial charge in [0.2, 0.25) is 5.91 Å². The molecule has 4 rings (SSSR count). The maximum Gasteiger partial charge on any atom is 0.229 e. The highest BCUT2D eigenvalue weighted by molar-refractivity contribution is 5.90. The second kappa shape index (κ2) is 5.44. The van der Waals surface area contributed by atoms with Gasteiger partial charge in [-0.1, -0.05) is 18.2 Å². The van der Waals surface area contributed by atoms with Crippen molar-refractivity contribution in [3.63, 3.8) is 0 Å². The summed E-state index contributed by atoms with van der Waals surface area (Å²) in [6, 6.07) is 12.2. The fraction of sp³-hybridized carbons (Fsp3) is 0.368. The van der Waals surface area contributed by atoms with Gasteiger partial charge in [0.1, 0.15) is 5.82 Å². The Morgan fingerprint density at radius 3 is 2.57 bits per heavy atom. The molecule has 0 unspecified atom stereocenters. The van der Waals surface area contributed by atoms with Crippen molar-refractivity contribution in [1.29, 1.82) is 0 Å². The Labute approximate surface area is 135 Å². The normalized spacial score (nSPS) is 24.0. The lowest BCUT2D eigenvalue weighted by atomic mass is 10.1. The maximum atomic E-state index is 13.1. The monoisotopic (exact) mass is 310 g/mol. The number of aromatic nitrogens is 1. The molecule has 0 saturated heterocycles. The summed E-state index contributed by atoms with van der Waals surface area (Å²) < 4.78 is 13.1. The van der Waals surface area contributed by atoms with Gasteiger partial charge >= 0.3 is 0 Å². The number of amides is 1. The molecule has 4 heteroatoms. The zero-order valence-electron chi connectivity index (χ0n) is 12.9. The van der Waals surface area contributed by atoms with Crippen LogP contribution in [-0.2, 0) is 17.8 Å². The molecule has 1 aromatic heterocycles. The van der Waals surface area contributed by atoms with Crippen LogP contribution in [0.15, 0.2) is 48.7 Å². The van der Waals surface area contributed by atoms with Crippen LogP contribution in [0.25, 0.3) is 0 Å². The molecule has 2 aliphatic rings. The molecule has 1 aromatic carbocycles. The summed E-state index contributed by atoms with van der Waals surface area (Å²) in [5.41, 5.74) is 1.92. The van der Waals surface area contributed by atoms with E-state index >= 15 is 0 Å². The lowest BCUT2D eigenvalue weighted by Gasteiger charge is -2.24. The Balaban J connectivity index is 1.47. The molecule has 0 radical (unpaired) electrons. The third-order valence-electron chi connectivity index (χ3n) is 5.05. The van der Waals surface area contributed by atoms with E-state index in [2.05, 4.69) is 4.98 Å². The quantitative estimate of drug-likeness (QED) is 0.821. The van der Waals surface area contributed by atoms with Crippen molar-refractivity contribution in [2.24, 2.45) is 11.3 Å². The minimum absolute atomic E-state index is 0.0376. The van der Waals surface area contributed by atoms with Crippen molar-refractivity contribution in [1.82, 2.24) is 9.88 Å². The fourth-order valence-electron chi connectivity index (χ4n) is 3.22. The number of pyridine rings is 1. The number of carbonyl (C=O) groups is 1. The molecule has 2 aromatic rings. The maximum absolute atomic E-state index is 13.1. The van der Waals surface area contributed by atoms with E-state index in [9.17, 15) is 9.18 Å². The Morgan fingerprint density at radius 1 is 1.22 bits per heavy atom. The van der Waals surface area contributed by atoms with Gasteiger partial charge in [-0.3, -0.25) is 9.78 Å². The smallest absolute Gasteiger partial charge is 0.229 e. The van der Waals surface area contributed by atoms with Gasteiger partial charge in [-0.25, -0.2) is 4.39 Å². The van der Waals surface area contributed by atoms with Crippen molar-refractivity contribution in [2.75, 3.05) is 6.54 Å². The number of nitrogens with zero attached hydrogens (tertiary/aromatic N) is 2. The Morgan fingerprint density at radius 2 is 1.96 bits per heavy atom. The molecular weight excluding hydrogens is 291 g/mol. The fourth-order valence-corrected chi connectivity index (χ4v) is 3.22. The Bertz CT molecular complexity index is 708. The summed E-state index contributed by atoms with van der Waals surface area (Å²) in [6.45, 7) is 1.20. The molecule has 2 fully saturated rings. The van der Waals surface area contributed by atoms with E-state index in [0.29, 0.717) is 19.0 Å². The Kier molecular flexibility index (Phi) is 3.40. The first-order valence-electron chi connectivity index (χ1n) is 8.11. The molecular formula is C19H19FN2O. The van der Waals surface area contributed by atoms with Gasteiger partial charge in [0, 0.05) is 31.4 Å². The van der Waals surface area contributed by atoms with Crippen LogP contribution in [0.3, 0.4) is 0 Å². The van der Waals surface area contributed by atoms with Gasteiger partial charge in [0.15, 0.2) is 0 Å². The van der Waals surface area contributed by atoms with Crippen LogP contribution < -0.4 is 0 Å². The number of carbonyl (C=O) groups excluding carboxylic acids is 1. The summed E-state index contributed by atoms with van der Waals surface area (Å²) >= 11 is 0. The Hall–Kier alpha value is -2.23. The highest BCUT2D eigenvalue weighted by atomic mass is 19.1. The molecule has 0 bridgehead atoms. The predicted octanol–water partition coefficient (Wildman–Crippen LogP) is 3.20. The van der Waals surface area contributed by atoms with E-state index in [1.165, 1.54) is 12.1 Å². The van der Waals surface area contributed by atoms with Gasteiger partial charge in [0.25, 0.3) is 0 Å². The average Bonchev–Trinajstić information content (AvgIpc) is 3.44. The van der Waals surface area contributed by atoms with E-state index in [0.717, 1.165) is 30.5 Å². The minimum Gasteiger partial charge on any atom is -0.337 e. The average molecular weight is 310 g/mol. The van der Waals surface area contributed by atoms with Crippen LogP contribution in [0.1, 0.15) is 24.1 Å². The largest absolute Gasteiger partial charge is 0.337 e. The lowest BCUT2D eigenvalue weighted by Crippen LogP contribution is -2.35. The molecule has 0 aliphatic heterocycles. The summed E-state index contributed by atoms with van der Waals surface area (Å²) in [4.78, 5) is 19.0. The first-order chi connectivity index (χ1) is 11.2. The summed E-state index contributed by atoms with van der Waals surface area (Å²) in [7, 11) is 0. The third kappa shape index (κ3) is 2.85. The minimum atomic E-state index is -0.247. The van der Waals surface area contributed by atoms with Crippen LogP contribution >= 0.6 is 0 Å². The number of hydrogen-bond donors (Lipinski definition) is 0. The molecule has 23 heavy (non-hydrogen) atoms. The van der Waals surface area contributed by atoms with E-state index < -0.39 is 0 Å². The topological polar surface area (TPSA) is 33.2 Å². The van der Waals surface area contributed by atoms with Crippen molar-refractivity contribution >= 4 is 5.91 Å². The number of halogens is 1. The van der Waals surface area contributed by atoms with Crippen LogP contribution in [0.5, 0.6) is 0 Å². The second-order valence-corrected chi connectivity index (χ2v) is 6.69. The highest BCUT2D eigenvalue weighted by Gasteiger charge is 2.75. The number of hydrogen-bond acceptors (Lipinski definition) is 2. The lowest BCUT2D eigenvalue weighted by molar-refractivity contribution is -0.135. The summed E-state index contributed by atoms with van der Waals surface area (Å²) in [6.07, 6.45) is 4.62. The SMILES string of the molecule is O=C(N(CCc1ccccn1)Cc1ccc(F)cc1)C12CC1C2. The second-order valence-electron chi connectivity index (χ2n) is 6.69. The molecule has 2 aliphatic carbocycles. The van der Waals surface area contributed by atoms with Crippen molar-refractivity contribution in [2.45, 2.75) is 25.8 Å².